The van der Waals surface area contributed by atoms with Crippen molar-refractivity contribution in [2.45, 2.75) is 13.8 Å². The zero-order chi connectivity index (χ0) is 13.4. The molecule has 0 saturated carbocycles. The van der Waals surface area contributed by atoms with E-state index in [1.807, 2.05) is 48.7 Å². The van der Waals surface area contributed by atoms with Crippen molar-refractivity contribution in [2.24, 2.45) is 0 Å². The third-order valence-corrected chi connectivity index (χ3v) is 3.05. The van der Waals surface area contributed by atoms with Gasteiger partial charge in [0.15, 0.2) is 0 Å². The number of imidazole rings is 1. The molecular weight excluding hydrogens is 236 g/mol. The SMILES string of the molecule is Cc1cc(C)n2cc(-c3cccc(C#N)c3)nc2n1. The molecule has 1 aromatic carbocycles. The number of aryl methyl sites for hydroxylation is 2. The molecule has 0 bridgehead atoms. The molecule has 3 rings (SSSR count). The van der Waals surface area contributed by atoms with Crippen molar-refractivity contribution in [1.29, 1.82) is 5.26 Å². The van der Waals surface area contributed by atoms with E-state index >= 15 is 0 Å². The highest BCUT2D eigenvalue weighted by atomic mass is 15.1. The number of rotatable bonds is 1. The van der Waals surface area contributed by atoms with Gasteiger partial charge in [-0.2, -0.15) is 5.26 Å². The summed E-state index contributed by atoms with van der Waals surface area (Å²) in [6, 6.07) is 11.6. The monoisotopic (exact) mass is 248 g/mol. The van der Waals surface area contributed by atoms with E-state index in [1.165, 1.54) is 0 Å². The highest BCUT2D eigenvalue weighted by Gasteiger charge is 2.08. The van der Waals surface area contributed by atoms with Crippen LogP contribution in [0.2, 0.25) is 0 Å². The van der Waals surface area contributed by atoms with Crippen LogP contribution < -0.4 is 0 Å². The molecular formula is C15H12N4. The lowest BCUT2D eigenvalue weighted by Crippen LogP contribution is -1.94. The Bertz CT molecular complexity index is 809. The maximum Gasteiger partial charge on any atom is 0.234 e. The molecule has 0 atom stereocenters. The molecule has 0 aliphatic carbocycles. The average molecular weight is 248 g/mol. The van der Waals surface area contributed by atoms with Crippen LogP contribution in [0.15, 0.2) is 36.5 Å². The molecule has 0 spiro atoms. The molecule has 0 fully saturated rings. The van der Waals surface area contributed by atoms with Gasteiger partial charge in [0.25, 0.3) is 0 Å². The van der Waals surface area contributed by atoms with Crippen molar-refractivity contribution in [3.63, 3.8) is 0 Å². The predicted octanol–water partition coefficient (Wildman–Crippen LogP) is 2.88. The van der Waals surface area contributed by atoms with Crippen molar-refractivity contribution >= 4 is 5.78 Å². The molecule has 19 heavy (non-hydrogen) atoms. The topological polar surface area (TPSA) is 54.0 Å². The van der Waals surface area contributed by atoms with Crippen LogP contribution in [0, 0.1) is 25.2 Å². The normalized spacial score (nSPS) is 10.6. The second kappa shape index (κ2) is 4.21. The maximum atomic E-state index is 8.94. The first-order valence-electron chi connectivity index (χ1n) is 6.01. The lowest BCUT2D eigenvalue weighted by atomic mass is 10.1. The van der Waals surface area contributed by atoms with Crippen LogP contribution in [0.3, 0.4) is 0 Å². The third kappa shape index (κ3) is 1.95. The molecule has 0 unspecified atom stereocenters. The quantitative estimate of drug-likeness (QED) is 0.665. The van der Waals surface area contributed by atoms with E-state index < -0.39 is 0 Å². The van der Waals surface area contributed by atoms with E-state index in [4.69, 9.17) is 5.26 Å². The molecule has 92 valence electrons. The van der Waals surface area contributed by atoms with E-state index in [9.17, 15) is 0 Å². The second-order valence-electron chi connectivity index (χ2n) is 4.53. The predicted molar refractivity (Wildman–Crippen MR) is 72.6 cm³/mol. The summed E-state index contributed by atoms with van der Waals surface area (Å²) < 4.78 is 1.96. The molecule has 0 saturated heterocycles. The standard InChI is InChI=1S/C15H12N4/c1-10-6-11(2)19-9-14(18-15(19)17-10)13-5-3-4-12(7-13)8-16/h3-7,9H,1-2H3. The third-order valence-electron chi connectivity index (χ3n) is 3.05. The Morgan fingerprint density at radius 3 is 2.79 bits per heavy atom. The minimum absolute atomic E-state index is 0.635. The van der Waals surface area contributed by atoms with Crippen LogP contribution in [0.4, 0.5) is 0 Å². The fraction of sp³-hybridized carbons (Fsp3) is 0.133. The van der Waals surface area contributed by atoms with Gasteiger partial charge in [0.2, 0.25) is 5.78 Å². The molecule has 0 aliphatic rings. The fourth-order valence-corrected chi connectivity index (χ4v) is 2.16. The van der Waals surface area contributed by atoms with Crippen LogP contribution in [0.5, 0.6) is 0 Å². The fourth-order valence-electron chi connectivity index (χ4n) is 2.16. The average Bonchev–Trinajstić information content (AvgIpc) is 2.83. The summed E-state index contributed by atoms with van der Waals surface area (Å²) in [6.07, 6.45) is 1.95. The molecule has 2 heterocycles. The van der Waals surface area contributed by atoms with E-state index in [-0.39, 0.29) is 0 Å². The van der Waals surface area contributed by atoms with Crippen molar-refractivity contribution in [1.82, 2.24) is 14.4 Å². The number of benzene rings is 1. The van der Waals surface area contributed by atoms with Gasteiger partial charge in [0.05, 0.1) is 17.3 Å². The van der Waals surface area contributed by atoms with Gasteiger partial charge in [0, 0.05) is 23.1 Å². The molecule has 0 aliphatic heterocycles. The number of fused-ring (bicyclic) bond motifs is 1. The van der Waals surface area contributed by atoms with Crippen LogP contribution in [0.25, 0.3) is 17.0 Å². The van der Waals surface area contributed by atoms with Gasteiger partial charge in [0.1, 0.15) is 0 Å². The summed E-state index contributed by atoms with van der Waals surface area (Å²) in [5.74, 6) is 0.690. The van der Waals surface area contributed by atoms with E-state index in [0.29, 0.717) is 11.3 Å². The zero-order valence-corrected chi connectivity index (χ0v) is 10.8. The lowest BCUT2D eigenvalue weighted by Gasteiger charge is -1.98. The summed E-state index contributed by atoms with van der Waals surface area (Å²) in [5.41, 5.74) is 4.45. The van der Waals surface area contributed by atoms with E-state index in [1.54, 1.807) is 6.07 Å². The summed E-state index contributed by atoms with van der Waals surface area (Å²) in [4.78, 5) is 8.93. The van der Waals surface area contributed by atoms with Gasteiger partial charge in [-0.05, 0) is 32.0 Å². The second-order valence-corrected chi connectivity index (χ2v) is 4.53. The Hall–Kier alpha value is -2.67. The van der Waals surface area contributed by atoms with Gasteiger partial charge >= 0.3 is 0 Å². The molecule has 0 N–H and O–H groups in total. The first-order chi connectivity index (χ1) is 9.17. The van der Waals surface area contributed by atoms with Gasteiger partial charge in [-0.25, -0.2) is 9.97 Å². The van der Waals surface area contributed by atoms with E-state index in [2.05, 4.69) is 16.0 Å². The molecule has 4 heteroatoms. The van der Waals surface area contributed by atoms with Gasteiger partial charge < -0.3 is 0 Å². The van der Waals surface area contributed by atoms with Crippen LogP contribution >= 0.6 is 0 Å². The largest absolute Gasteiger partial charge is 0.288 e. The van der Waals surface area contributed by atoms with E-state index in [0.717, 1.165) is 22.6 Å². The summed E-state index contributed by atoms with van der Waals surface area (Å²) >= 11 is 0. The summed E-state index contributed by atoms with van der Waals surface area (Å²) in [5, 5.41) is 8.94. The van der Waals surface area contributed by atoms with Crippen molar-refractivity contribution < 1.29 is 0 Å². The minimum atomic E-state index is 0.635. The summed E-state index contributed by atoms with van der Waals surface area (Å²) in [7, 11) is 0. The number of hydrogen-bond acceptors (Lipinski definition) is 3. The summed E-state index contributed by atoms with van der Waals surface area (Å²) in [6.45, 7) is 3.98. The Balaban J connectivity index is 2.21. The van der Waals surface area contributed by atoms with Crippen molar-refractivity contribution in [3.8, 4) is 17.3 Å². The number of hydrogen-bond donors (Lipinski definition) is 0. The Labute approximate surface area is 111 Å². The molecule has 0 amide bonds. The first-order valence-corrected chi connectivity index (χ1v) is 6.01. The number of aromatic nitrogens is 3. The van der Waals surface area contributed by atoms with Crippen molar-refractivity contribution in [2.75, 3.05) is 0 Å². The van der Waals surface area contributed by atoms with Gasteiger partial charge in [-0.15, -0.1) is 0 Å². The number of nitriles is 1. The highest BCUT2D eigenvalue weighted by molar-refractivity contribution is 5.63. The molecule has 2 aromatic heterocycles. The van der Waals surface area contributed by atoms with Gasteiger partial charge in [-0.3, -0.25) is 4.40 Å². The molecule has 0 radical (unpaired) electrons. The Morgan fingerprint density at radius 1 is 1.16 bits per heavy atom. The maximum absolute atomic E-state index is 8.94. The Morgan fingerprint density at radius 2 is 2.00 bits per heavy atom. The van der Waals surface area contributed by atoms with Crippen molar-refractivity contribution in [3.05, 3.63) is 53.5 Å². The molecule has 3 aromatic rings. The van der Waals surface area contributed by atoms with Crippen LogP contribution in [-0.4, -0.2) is 14.4 Å². The lowest BCUT2D eigenvalue weighted by molar-refractivity contribution is 1.01. The number of nitrogens with zero attached hydrogens (tertiary/aromatic N) is 4. The smallest absolute Gasteiger partial charge is 0.234 e. The van der Waals surface area contributed by atoms with Crippen LogP contribution in [-0.2, 0) is 0 Å². The highest BCUT2D eigenvalue weighted by Crippen LogP contribution is 2.20. The Kier molecular flexibility index (Phi) is 2.53. The minimum Gasteiger partial charge on any atom is -0.288 e. The first kappa shape index (κ1) is 11.4. The van der Waals surface area contributed by atoms with Gasteiger partial charge in [-0.1, -0.05) is 12.1 Å². The van der Waals surface area contributed by atoms with Crippen LogP contribution in [0.1, 0.15) is 17.0 Å². The molecule has 4 nitrogen and oxygen atoms in total. The zero-order valence-electron chi connectivity index (χ0n) is 10.8.